The zero-order valence-corrected chi connectivity index (χ0v) is 28.6. The molecule has 0 saturated carbocycles. The highest BCUT2D eigenvalue weighted by Crippen LogP contribution is 2.30. The molecule has 0 fully saturated rings. The van der Waals surface area contributed by atoms with Crippen molar-refractivity contribution < 1.29 is 19.1 Å². The number of anilines is 2. The number of nitrogens with zero attached hydrogens (tertiary/aromatic N) is 12. The number of aromatic nitrogens is 10. The first-order chi connectivity index (χ1) is 25.8. The number of carbonyl (C=O) groups is 2. The van der Waals surface area contributed by atoms with E-state index in [0.717, 1.165) is 29.6 Å². The highest BCUT2D eigenvalue weighted by atomic mass is 16.6. The van der Waals surface area contributed by atoms with Crippen molar-refractivity contribution in [3.8, 4) is 5.82 Å². The van der Waals surface area contributed by atoms with E-state index in [1.54, 1.807) is 50.7 Å². The fourth-order valence-electron chi connectivity index (χ4n) is 5.83. The van der Waals surface area contributed by atoms with Gasteiger partial charge in [-0.25, -0.2) is 14.3 Å². The number of hydrogen-bond donors (Lipinski definition) is 2. The predicted molar refractivity (Wildman–Crippen MR) is 191 cm³/mol. The van der Waals surface area contributed by atoms with Gasteiger partial charge in [0.25, 0.3) is 5.91 Å². The third-order valence-electron chi connectivity index (χ3n) is 8.61. The number of amides is 2. The molecule has 19 heteroatoms. The number of nitro benzene ring substituents is 1. The first-order valence-corrected chi connectivity index (χ1v) is 16.9. The van der Waals surface area contributed by atoms with Crippen LogP contribution < -0.4 is 15.5 Å². The van der Waals surface area contributed by atoms with Gasteiger partial charge < -0.3 is 15.5 Å². The smallest absolute Gasteiger partial charge is 0.300 e. The van der Waals surface area contributed by atoms with E-state index in [2.05, 4.69) is 52.3 Å². The normalized spacial score (nSPS) is 12.1. The number of imidazole rings is 1. The van der Waals surface area contributed by atoms with Crippen molar-refractivity contribution in [3.05, 3.63) is 94.4 Å². The standard InChI is InChI=1S/C34H34N14O5/c1-44(27-13-14-28(48(51)52)33-32(27)40-53-41-33)17-18-46-21-30(39-43-46)47-22-36-26-12-11-24(19-29(26)47)37-31(49)10-5-4-9-25-20-45(42-38-25)16-6-15-35-34(50)23-7-2-3-8-23/h2-3,7,11-14,19-22H,4-6,9-10,15-18H2,1H3,(H,35,50)(H,37,49). The van der Waals surface area contributed by atoms with Gasteiger partial charge in [0.2, 0.25) is 11.4 Å². The number of hydrogen-bond acceptors (Lipinski definition) is 13. The van der Waals surface area contributed by atoms with E-state index in [9.17, 15) is 19.7 Å². The molecule has 53 heavy (non-hydrogen) atoms. The number of nitrogens with one attached hydrogen (secondary N) is 2. The van der Waals surface area contributed by atoms with Gasteiger partial charge in [0.05, 0.1) is 45.7 Å². The largest absolute Gasteiger partial charge is 0.371 e. The molecule has 2 amide bonds. The Balaban J connectivity index is 0.866. The van der Waals surface area contributed by atoms with Gasteiger partial charge in [-0.15, -0.1) is 15.9 Å². The second kappa shape index (κ2) is 15.5. The Morgan fingerprint density at radius 3 is 2.72 bits per heavy atom. The molecule has 2 aromatic carbocycles. The lowest BCUT2D eigenvalue weighted by atomic mass is 10.1. The number of rotatable bonds is 17. The Morgan fingerprint density at radius 1 is 1.02 bits per heavy atom. The van der Waals surface area contributed by atoms with Gasteiger partial charge in [-0.05, 0) is 72.4 Å². The van der Waals surface area contributed by atoms with E-state index in [1.165, 1.54) is 6.07 Å². The summed E-state index contributed by atoms with van der Waals surface area (Å²) in [6, 6.07) is 8.49. The fourth-order valence-corrected chi connectivity index (χ4v) is 5.83. The van der Waals surface area contributed by atoms with Crippen LogP contribution in [0.1, 0.15) is 31.4 Å². The van der Waals surface area contributed by atoms with E-state index in [0.29, 0.717) is 73.7 Å². The van der Waals surface area contributed by atoms with Crippen LogP contribution in [-0.4, -0.2) is 86.7 Å². The minimum absolute atomic E-state index is 0.0870. The molecule has 6 aromatic rings. The molecule has 0 unspecified atom stereocenters. The second-order valence-corrected chi connectivity index (χ2v) is 12.3. The summed E-state index contributed by atoms with van der Waals surface area (Å²) >= 11 is 0. The van der Waals surface area contributed by atoms with E-state index in [4.69, 9.17) is 4.63 Å². The molecule has 1 aliphatic carbocycles. The molecule has 4 heterocycles. The summed E-state index contributed by atoms with van der Waals surface area (Å²) < 4.78 is 10.0. The molecule has 7 rings (SSSR count). The molecule has 2 N–H and O–H groups in total. The number of benzene rings is 2. The van der Waals surface area contributed by atoms with E-state index >= 15 is 0 Å². The number of likely N-dealkylation sites (N-methyl/N-ethyl adjacent to an activating group) is 1. The van der Waals surface area contributed by atoms with Crippen LogP contribution in [0.4, 0.5) is 17.1 Å². The summed E-state index contributed by atoms with van der Waals surface area (Å²) in [6.45, 7) is 2.11. The fraction of sp³-hybridized carbons (Fsp3) is 0.294. The Hall–Kier alpha value is -7.01. The molecule has 270 valence electrons. The lowest BCUT2D eigenvalue weighted by molar-refractivity contribution is -0.383. The monoisotopic (exact) mass is 718 g/mol. The highest BCUT2D eigenvalue weighted by molar-refractivity contribution is 5.96. The number of unbranched alkanes of at least 4 members (excludes halogenated alkanes) is 1. The van der Waals surface area contributed by atoms with E-state index in [1.807, 2.05) is 36.3 Å². The van der Waals surface area contributed by atoms with Crippen molar-refractivity contribution in [2.24, 2.45) is 0 Å². The number of carbonyl (C=O) groups excluding carboxylic acids is 2. The quantitative estimate of drug-likeness (QED) is 0.0599. The van der Waals surface area contributed by atoms with Gasteiger partial charge in [0.1, 0.15) is 6.33 Å². The minimum Gasteiger partial charge on any atom is -0.371 e. The van der Waals surface area contributed by atoms with Crippen molar-refractivity contribution in [1.82, 2.24) is 55.2 Å². The van der Waals surface area contributed by atoms with Crippen LogP contribution in [0.3, 0.4) is 0 Å². The summed E-state index contributed by atoms with van der Waals surface area (Å²) in [7, 11) is 1.83. The van der Waals surface area contributed by atoms with Crippen molar-refractivity contribution >= 4 is 50.9 Å². The topological polar surface area (TPSA) is 223 Å². The van der Waals surface area contributed by atoms with Gasteiger partial charge in [-0.1, -0.05) is 16.5 Å². The maximum absolute atomic E-state index is 12.8. The minimum atomic E-state index is -0.523. The van der Waals surface area contributed by atoms with Crippen LogP contribution in [0.15, 0.2) is 83.2 Å². The predicted octanol–water partition coefficient (Wildman–Crippen LogP) is 3.30. The Bertz CT molecular complexity index is 2400. The van der Waals surface area contributed by atoms with Gasteiger partial charge in [0.15, 0.2) is 11.3 Å². The van der Waals surface area contributed by atoms with E-state index in [-0.39, 0.29) is 23.0 Å². The molecule has 0 radical (unpaired) electrons. The first kappa shape index (κ1) is 34.4. The molecule has 0 spiro atoms. The summed E-state index contributed by atoms with van der Waals surface area (Å²) in [5.74, 6) is 0.317. The summed E-state index contributed by atoms with van der Waals surface area (Å²) in [4.78, 5) is 42.0. The van der Waals surface area contributed by atoms with Crippen LogP contribution in [0.25, 0.3) is 27.9 Å². The van der Waals surface area contributed by atoms with Crippen LogP contribution >= 0.6 is 0 Å². The van der Waals surface area contributed by atoms with Crippen molar-refractivity contribution in [2.75, 3.05) is 30.4 Å². The molecular weight excluding hydrogens is 684 g/mol. The van der Waals surface area contributed by atoms with Crippen LogP contribution in [-0.2, 0) is 29.1 Å². The summed E-state index contributed by atoms with van der Waals surface area (Å²) in [5, 5.41) is 41.7. The van der Waals surface area contributed by atoms with E-state index < -0.39 is 4.92 Å². The lowest BCUT2D eigenvalue weighted by Crippen LogP contribution is -2.25. The zero-order valence-electron chi connectivity index (χ0n) is 28.6. The maximum atomic E-state index is 12.8. The Kier molecular flexibility index (Phi) is 10.1. The average Bonchev–Trinajstić information content (AvgIpc) is 4.00. The highest BCUT2D eigenvalue weighted by Gasteiger charge is 2.21. The summed E-state index contributed by atoms with van der Waals surface area (Å²) in [6.07, 6.45) is 13.8. The van der Waals surface area contributed by atoms with Gasteiger partial charge in [-0.2, -0.15) is 0 Å². The van der Waals surface area contributed by atoms with Gasteiger partial charge in [-0.3, -0.25) is 29.0 Å². The van der Waals surface area contributed by atoms with Crippen LogP contribution in [0.2, 0.25) is 0 Å². The van der Waals surface area contributed by atoms with Crippen molar-refractivity contribution in [3.63, 3.8) is 0 Å². The number of nitro groups is 1. The molecule has 4 aromatic heterocycles. The molecule has 19 nitrogen and oxygen atoms in total. The number of allylic oxidation sites excluding steroid dienone is 1. The number of fused-ring (bicyclic) bond motifs is 2. The summed E-state index contributed by atoms with van der Waals surface area (Å²) in [5.41, 5.74) is 7.25. The Labute approximate surface area is 300 Å². The third-order valence-corrected chi connectivity index (χ3v) is 8.61. The number of non-ortho nitro benzene ring substituents is 1. The van der Waals surface area contributed by atoms with Crippen molar-refractivity contribution in [2.45, 2.75) is 45.2 Å². The molecular formula is C34H34N14O5. The van der Waals surface area contributed by atoms with Crippen molar-refractivity contribution in [1.29, 1.82) is 0 Å². The molecule has 0 aliphatic heterocycles. The SMILES string of the molecule is CN(CCn1cc(-n2cnc3ccc(NC(=O)CCCCc4cn(CCCNC(=O)C5=C=CC=C5)nn4)cc32)nn1)c1ccc([N+](=O)[O-])c2nonc12. The second-order valence-electron chi connectivity index (χ2n) is 12.3. The molecule has 0 saturated heterocycles. The zero-order chi connectivity index (χ0) is 36.7. The first-order valence-electron chi connectivity index (χ1n) is 16.9. The van der Waals surface area contributed by atoms with Crippen LogP contribution in [0, 0.1) is 10.1 Å². The Morgan fingerprint density at radius 2 is 1.87 bits per heavy atom. The number of aryl methyl sites for hydroxylation is 2. The van der Waals surface area contributed by atoms with Gasteiger partial charge >= 0.3 is 5.69 Å². The molecule has 0 bridgehead atoms. The maximum Gasteiger partial charge on any atom is 0.300 e. The average molecular weight is 719 g/mol. The van der Waals surface area contributed by atoms with Gasteiger partial charge in [0, 0.05) is 51.1 Å². The third kappa shape index (κ3) is 7.99. The molecule has 0 atom stereocenters. The molecule has 1 aliphatic rings. The van der Waals surface area contributed by atoms with Crippen LogP contribution in [0.5, 0.6) is 0 Å². The lowest BCUT2D eigenvalue weighted by Gasteiger charge is -2.18.